The van der Waals surface area contributed by atoms with Crippen molar-refractivity contribution in [2.75, 3.05) is 0 Å². The summed E-state index contributed by atoms with van der Waals surface area (Å²) in [6.45, 7) is 1.52. The van der Waals surface area contributed by atoms with E-state index in [0.717, 1.165) is 6.20 Å². The molecule has 0 aliphatic rings. The maximum Gasteiger partial charge on any atom is 0.265 e. The smallest absolute Gasteiger partial charge is 0.245 e. The second-order valence-corrected chi connectivity index (χ2v) is 2.98. The first-order chi connectivity index (χ1) is 6.61. The molecule has 0 amide bonds. The Kier molecular flexibility index (Phi) is 3.37. The lowest BCUT2D eigenvalue weighted by Gasteiger charge is -2.08. The molecule has 14 heavy (non-hydrogen) atoms. The van der Waals surface area contributed by atoms with Crippen molar-refractivity contribution >= 4 is 11.6 Å². The van der Waals surface area contributed by atoms with Gasteiger partial charge in [-0.3, -0.25) is 0 Å². The number of alkyl halides is 3. The van der Waals surface area contributed by atoms with Gasteiger partial charge in [0.25, 0.3) is 6.43 Å². The fourth-order valence-electron chi connectivity index (χ4n) is 1.14. The largest absolute Gasteiger partial charge is 0.265 e. The van der Waals surface area contributed by atoms with E-state index in [0.29, 0.717) is 11.1 Å². The molecular formula is C9H7ClF2N2. The minimum Gasteiger partial charge on any atom is -0.245 e. The summed E-state index contributed by atoms with van der Waals surface area (Å²) in [6, 6.07) is 1.81. The van der Waals surface area contributed by atoms with Gasteiger partial charge in [-0.15, -0.1) is 11.6 Å². The number of halogens is 3. The van der Waals surface area contributed by atoms with Crippen LogP contribution in [0, 0.1) is 18.3 Å². The Labute approximate surface area is 85.1 Å². The van der Waals surface area contributed by atoms with E-state index in [1.165, 1.54) is 6.92 Å². The summed E-state index contributed by atoms with van der Waals surface area (Å²) in [5.74, 6) is 0.0162. The van der Waals surface area contributed by atoms with Crippen LogP contribution in [0.5, 0.6) is 0 Å². The number of rotatable bonds is 2. The molecule has 5 heteroatoms. The van der Waals surface area contributed by atoms with Crippen molar-refractivity contribution in [3.8, 4) is 6.07 Å². The van der Waals surface area contributed by atoms with Crippen LogP contribution in [-0.4, -0.2) is 4.98 Å². The highest BCUT2D eigenvalue weighted by Gasteiger charge is 2.16. The summed E-state index contributed by atoms with van der Waals surface area (Å²) in [6.07, 6.45) is -1.56. The Balaban J connectivity index is 3.37. The Bertz CT molecular complexity index is 385. The Morgan fingerprint density at radius 2 is 2.29 bits per heavy atom. The molecule has 0 aromatic carbocycles. The van der Waals surface area contributed by atoms with E-state index in [4.69, 9.17) is 16.9 Å². The molecule has 0 unspecified atom stereocenters. The monoisotopic (exact) mass is 216 g/mol. The fourth-order valence-corrected chi connectivity index (χ4v) is 1.47. The third-order valence-electron chi connectivity index (χ3n) is 1.98. The highest BCUT2D eigenvalue weighted by atomic mass is 35.5. The highest BCUT2D eigenvalue weighted by molar-refractivity contribution is 6.17. The summed E-state index contributed by atoms with van der Waals surface area (Å²) >= 11 is 5.56. The zero-order valence-electron chi connectivity index (χ0n) is 7.39. The van der Waals surface area contributed by atoms with Crippen molar-refractivity contribution in [3.63, 3.8) is 0 Å². The van der Waals surface area contributed by atoms with E-state index in [9.17, 15) is 8.78 Å². The molecule has 0 saturated carbocycles. The predicted molar refractivity (Wildman–Crippen MR) is 48.2 cm³/mol. The van der Waals surface area contributed by atoms with Gasteiger partial charge in [0.1, 0.15) is 11.8 Å². The zero-order chi connectivity index (χ0) is 10.7. The molecule has 0 atom stereocenters. The third kappa shape index (κ3) is 1.83. The van der Waals surface area contributed by atoms with E-state index in [2.05, 4.69) is 4.98 Å². The second-order valence-electron chi connectivity index (χ2n) is 2.71. The quantitative estimate of drug-likeness (QED) is 0.713. The molecule has 0 bridgehead atoms. The zero-order valence-corrected chi connectivity index (χ0v) is 8.15. The molecule has 1 heterocycles. The lowest BCUT2D eigenvalue weighted by molar-refractivity contribution is 0.150. The van der Waals surface area contributed by atoms with Gasteiger partial charge in [0.15, 0.2) is 0 Å². The minimum atomic E-state index is -2.59. The molecule has 0 radical (unpaired) electrons. The topological polar surface area (TPSA) is 36.7 Å². The van der Waals surface area contributed by atoms with Gasteiger partial charge in [0.05, 0.1) is 5.88 Å². The molecule has 74 valence electrons. The first kappa shape index (κ1) is 10.9. The Morgan fingerprint density at radius 1 is 1.64 bits per heavy atom. The van der Waals surface area contributed by atoms with E-state index in [1.807, 2.05) is 6.07 Å². The summed E-state index contributed by atoms with van der Waals surface area (Å²) in [5, 5.41) is 8.64. The maximum atomic E-state index is 12.4. The number of hydrogen-bond acceptors (Lipinski definition) is 2. The number of nitriles is 1. The summed E-state index contributed by atoms with van der Waals surface area (Å²) < 4.78 is 24.8. The standard InChI is InChI=1S/C9H7ClF2N2/c1-5-6(2-10)8(3-13)14-4-7(5)9(11)12/h4,9H,2H2,1H3. The van der Waals surface area contributed by atoms with Crippen LogP contribution >= 0.6 is 11.6 Å². The van der Waals surface area contributed by atoms with Crippen molar-refractivity contribution in [1.82, 2.24) is 4.98 Å². The van der Waals surface area contributed by atoms with Crippen LogP contribution < -0.4 is 0 Å². The molecule has 2 nitrogen and oxygen atoms in total. The summed E-state index contributed by atoms with van der Waals surface area (Å²) in [5.41, 5.74) is 0.676. The summed E-state index contributed by atoms with van der Waals surface area (Å²) in [4.78, 5) is 3.62. The van der Waals surface area contributed by atoms with Crippen LogP contribution in [0.2, 0.25) is 0 Å². The van der Waals surface area contributed by atoms with Crippen LogP contribution in [0.1, 0.15) is 28.8 Å². The first-order valence-corrected chi connectivity index (χ1v) is 4.37. The van der Waals surface area contributed by atoms with Crippen molar-refractivity contribution in [1.29, 1.82) is 5.26 Å². The number of hydrogen-bond donors (Lipinski definition) is 0. The van der Waals surface area contributed by atoms with Crippen molar-refractivity contribution in [2.24, 2.45) is 0 Å². The van der Waals surface area contributed by atoms with Crippen LogP contribution in [0.15, 0.2) is 6.20 Å². The molecule has 0 fully saturated rings. The average Bonchev–Trinajstić information content (AvgIpc) is 2.16. The number of nitrogens with zero attached hydrogens (tertiary/aromatic N) is 2. The van der Waals surface area contributed by atoms with Crippen LogP contribution in [0.3, 0.4) is 0 Å². The molecule has 0 N–H and O–H groups in total. The van der Waals surface area contributed by atoms with Gasteiger partial charge in [0, 0.05) is 17.3 Å². The van der Waals surface area contributed by atoms with Gasteiger partial charge in [0.2, 0.25) is 0 Å². The molecule has 0 saturated heterocycles. The summed E-state index contributed by atoms with van der Waals surface area (Å²) in [7, 11) is 0. The lowest BCUT2D eigenvalue weighted by atomic mass is 10.0. The van der Waals surface area contributed by atoms with Gasteiger partial charge in [-0.05, 0) is 12.5 Å². The van der Waals surface area contributed by atoms with Gasteiger partial charge < -0.3 is 0 Å². The van der Waals surface area contributed by atoms with E-state index >= 15 is 0 Å². The lowest BCUT2D eigenvalue weighted by Crippen LogP contribution is -2.00. The predicted octanol–water partition coefficient (Wildman–Crippen LogP) is 2.94. The van der Waals surface area contributed by atoms with Crippen molar-refractivity contribution in [3.05, 3.63) is 28.6 Å². The maximum absolute atomic E-state index is 12.4. The second kappa shape index (κ2) is 4.34. The number of aromatic nitrogens is 1. The van der Waals surface area contributed by atoms with E-state index in [1.54, 1.807) is 0 Å². The molecule has 0 aliphatic carbocycles. The normalized spacial score (nSPS) is 10.3. The Hall–Kier alpha value is -1.21. The molecule has 1 rings (SSSR count). The fraction of sp³-hybridized carbons (Fsp3) is 0.333. The molecule has 0 aliphatic heterocycles. The van der Waals surface area contributed by atoms with E-state index < -0.39 is 6.43 Å². The average molecular weight is 217 g/mol. The minimum absolute atomic E-state index is 0.0162. The molecule has 1 aromatic rings. The SMILES string of the molecule is Cc1c(C(F)F)cnc(C#N)c1CCl. The highest BCUT2D eigenvalue weighted by Crippen LogP contribution is 2.26. The van der Waals surface area contributed by atoms with Gasteiger partial charge in [-0.2, -0.15) is 5.26 Å². The first-order valence-electron chi connectivity index (χ1n) is 3.84. The van der Waals surface area contributed by atoms with Crippen LogP contribution in [-0.2, 0) is 5.88 Å². The molecule has 0 spiro atoms. The van der Waals surface area contributed by atoms with Crippen LogP contribution in [0.25, 0.3) is 0 Å². The molecule has 1 aromatic heterocycles. The van der Waals surface area contributed by atoms with Gasteiger partial charge >= 0.3 is 0 Å². The van der Waals surface area contributed by atoms with Crippen molar-refractivity contribution in [2.45, 2.75) is 19.2 Å². The van der Waals surface area contributed by atoms with Gasteiger partial charge in [-0.25, -0.2) is 13.8 Å². The number of pyridine rings is 1. The third-order valence-corrected chi connectivity index (χ3v) is 2.25. The van der Waals surface area contributed by atoms with E-state index in [-0.39, 0.29) is 17.1 Å². The van der Waals surface area contributed by atoms with Crippen molar-refractivity contribution < 1.29 is 8.78 Å². The van der Waals surface area contributed by atoms with Gasteiger partial charge in [-0.1, -0.05) is 0 Å². The van der Waals surface area contributed by atoms with Crippen LogP contribution in [0.4, 0.5) is 8.78 Å². The Morgan fingerprint density at radius 3 is 2.71 bits per heavy atom. The molecular weight excluding hydrogens is 210 g/mol.